The molecule has 1 aromatic rings. The molecule has 0 radical (unpaired) electrons. The molecule has 1 N–H and O–H groups in total. The Labute approximate surface area is 127 Å². The number of fused-ring (bicyclic) bond motifs is 1. The average Bonchev–Trinajstić information content (AvgIpc) is 2.94. The molecular formula is C18H27NO2. The van der Waals surface area contributed by atoms with Gasteiger partial charge in [0.2, 0.25) is 0 Å². The first-order valence-electron chi connectivity index (χ1n) is 8.14. The molecule has 1 unspecified atom stereocenters. The molecule has 0 saturated heterocycles. The highest BCUT2D eigenvalue weighted by Gasteiger charge is 2.43. The minimum absolute atomic E-state index is 0.125. The van der Waals surface area contributed by atoms with Gasteiger partial charge in [0.05, 0.1) is 18.2 Å². The van der Waals surface area contributed by atoms with Crippen molar-refractivity contribution in [2.24, 2.45) is 5.92 Å². The Morgan fingerprint density at radius 3 is 2.67 bits per heavy atom. The third-order valence-corrected chi connectivity index (χ3v) is 5.57. The second-order valence-electron chi connectivity index (χ2n) is 7.05. The predicted molar refractivity (Wildman–Crippen MR) is 84.7 cm³/mol. The van der Waals surface area contributed by atoms with Crippen molar-refractivity contribution in [3.63, 3.8) is 0 Å². The average molecular weight is 289 g/mol. The maximum atomic E-state index is 11.1. The van der Waals surface area contributed by atoms with Gasteiger partial charge in [-0.15, -0.1) is 0 Å². The Balaban J connectivity index is 1.89. The summed E-state index contributed by atoms with van der Waals surface area (Å²) in [7, 11) is 4.21. The molecule has 2 aliphatic rings. The minimum Gasteiger partial charge on any atom is -0.493 e. The van der Waals surface area contributed by atoms with Crippen LogP contribution in [0.1, 0.15) is 49.8 Å². The maximum Gasteiger partial charge on any atom is 0.122 e. The van der Waals surface area contributed by atoms with E-state index < -0.39 is 6.10 Å². The number of nitrogens with zero attached hydrogens (tertiary/aromatic N) is 1. The monoisotopic (exact) mass is 289 g/mol. The molecule has 1 atom stereocenters. The van der Waals surface area contributed by atoms with Crippen LogP contribution in [0.3, 0.4) is 0 Å². The van der Waals surface area contributed by atoms with Crippen molar-refractivity contribution >= 4 is 0 Å². The number of likely N-dealkylation sites (N-methyl/N-ethyl adjacent to an activating group) is 1. The second kappa shape index (κ2) is 5.62. The highest BCUT2D eigenvalue weighted by molar-refractivity contribution is 5.41. The van der Waals surface area contributed by atoms with Gasteiger partial charge >= 0.3 is 0 Å². The van der Waals surface area contributed by atoms with Crippen LogP contribution >= 0.6 is 0 Å². The van der Waals surface area contributed by atoms with Crippen molar-refractivity contribution in [2.45, 2.75) is 50.7 Å². The number of aliphatic hydroxyl groups is 1. The van der Waals surface area contributed by atoms with Crippen molar-refractivity contribution in [3.8, 4) is 5.75 Å². The molecule has 1 aliphatic carbocycles. The van der Waals surface area contributed by atoms with E-state index >= 15 is 0 Å². The Kier molecular flexibility index (Phi) is 3.98. The fraction of sp³-hybridized carbons (Fsp3) is 0.667. The molecule has 1 aromatic carbocycles. The Hall–Kier alpha value is -1.06. The van der Waals surface area contributed by atoms with E-state index in [1.54, 1.807) is 0 Å². The summed E-state index contributed by atoms with van der Waals surface area (Å²) in [6, 6.07) is 6.21. The van der Waals surface area contributed by atoms with Crippen molar-refractivity contribution in [1.29, 1.82) is 0 Å². The fourth-order valence-electron chi connectivity index (χ4n) is 3.91. The zero-order chi connectivity index (χ0) is 15.0. The zero-order valence-electron chi connectivity index (χ0n) is 13.4. The van der Waals surface area contributed by atoms with Crippen LogP contribution in [0.25, 0.3) is 0 Å². The van der Waals surface area contributed by atoms with Crippen LogP contribution in [-0.4, -0.2) is 36.2 Å². The van der Waals surface area contributed by atoms with E-state index in [1.165, 1.54) is 18.4 Å². The lowest BCUT2D eigenvalue weighted by atomic mass is 9.71. The van der Waals surface area contributed by atoms with Gasteiger partial charge < -0.3 is 14.7 Å². The number of ether oxygens (including phenoxy) is 1. The summed E-state index contributed by atoms with van der Waals surface area (Å²) < 4.78 is 5.57. The molecule has 21 heavy (non-hydrogen) atoms. The number of hydrogen-bond acceptors (Lipinski definition) is 3. The van der Waals surface area contributed by atoms with Gasteiger partial charge in [-0.05, 0) is 69.0 Å². The summed E-state index contributed by atoms with van der Waals surface area (Å²) in [6.07, 6.45) is 5.06. The predicted octanol–water partition coefficient (Wildman–Crippen LogP) is 3.17. The lowest BCUT2D eigenvalue weighted by Crippen LogP contribution is -2.51. The topological polar surface area (TPSA) is 32.7 Å². The summed E-state index contributed by atoms with van der Waals surface area (Å²) >= 11 is 0. The molecule has 0 aromatic heterocycles. The number of benzene rings is 1. The Bertz CT molecular complexity index is 504. The van der Waals surface area contributed by atoms with Gasteiger partial charge in [0.25, 0.3) is 0 Å². The third-order valence-electron chi connectivity index (χ3n) is 5.57. The van der Waals surface area contributed by atoms with Crippen LogP contribution in [0.15, 0.2) is 18.2 Å². The molecule has 1 fully saturated rings. The van der Waals surface area contributed by atoms with Gasteiger partial charge in [-0.3, -0.25) is 0 Å². The highest BCUT2D eigenvalue weighted by atomic mass is 16.5. The van der Waals surface area contributed by atoms with Gasteiger partial charge in [0.15, 0.2) is 0 Å². The molecule has 3 heteroatoms. The van der Waals surface area contributed by atoms with E-state index in [9.17, 15) is 5.11 Å². The molecule has 3 nitrogen and oxygen atoms in total. The smallest absolute Gasteiger partial charge is 0.122 e. The fourth-order valence-corrected chi connectivity index (χ4v) is 3.91. The maximum absolute atomic E-state index is 11.1. The van der Waals surface area contributed by atoms with Gasteiger partial charge in [0, 0.05) is 6.42 Å². The van der Waals surface area contributed by atoms with Crippen LogP contribution < -0.4 is 4.74 Å². The Morgan fingerprint density at radius 1 is 1.29 bits per heavy atom. The molecule has 0 spiro atoms. The zero-order valence-corrected chi connectivity index (χ0v) is 13.4. The van der Waals surface area contributed by atoms with Gasteiger partial charge in [-0.1, -0.05) is 13.0 Å². The SMILES string of the molecule is CC1CCC(C(O)c2ccc3c(c2)CCO3)(N(C)C)CC1. The molecule has 1 aliphatic heterocycles. The molecule has 0 amide bonds. The lowest BCUT2D eigenvalue weighted by molar-refractivity contribution is -0.0408. The third kappa shape index (κ3) is 2.58. The van der Waals surface area contributed by atoms with E-state index in [0.717, 1.165) is 43.1 Å². The number of rotatable bonds is 3. The van der Waals surface area contributed by atoms with Crippen LogP contribution in [-0.2, 0) is 6.42 Å². The largest absolute Gasteiger partial charge is 0.493 e. The summed E-state index contributed by atoms with van der Waals surface area (Å²) in [5.74, 6) is 1.76. The number of hydrogen-bond donors (Lipinski definition) is 1. The van der Waals surface area contributed by atoms with Gasteiger partial charge in [-0.25, -0.2) is 0 Å². The molecule has 3 rings (SSSR count). The Morgan fingerprint density at radius 2 is 2.00 bits per heavy atom. The molecule has 0 bridgehead atoms. The van der Waals surface area contributed by atoms with Crippen molar-refractivity contribution < 1.29 is 9.84 Å². The first-order chi connectivity index (χ1) is 10.0. The normalized spacial score (nSPS) is 30.0. The molecule has 1 saturated carbocycles. The quantitative estimate of drug-likeness (QED) is 0.927. The molecular weight excluding hydrogens is 262 g/mol. The van der Waals surface area contributed by atoms with Crippen LogP contribution in [0.4, 0.5) is 0 Å². The first kappa shape index (κ1) is 14.9. The van der Waals surface area contributed by atoms with E-state index in [1.807, 2.05) is 12.1 Å². The van der Waals surface area contributed by atoms with Gasteiger partial charge in [-0.2, -0.15) is 0 Å². The van der Waals surface area contributed by atoms with E-state index in [4.69, 9.17) is 4.74 Å². The van der Waals surface area contributed by atoms with Crippen LogP contribution in [0.5, 0.6) is 5.75 Å². The lowest BCUT2D eigenvalue weighted by Gasteiger charge is -2.47. The summed E-state index contributed by atoms with van der Waals surface area (Å²) in [6.45, 7) is 3.09. The van der Waals surface area contributed by atoms with Crippen molar-refractivity contribution in [2.75, 3.05) is 20.7 Å². The summed E-state index contributed by atoms with van der Waals surface area (Å²) in [4.78, 5) is 2.24. The summed E-state index contributed by atoms with van der Waals surface area (Å²) in [5.41, 5.74) is 2.16. The second-order valence-corrected chi connectivity index (χ2v) is 7.05. The van der Waals surface area contributed by atoms with Crippen LogP contribution in [0, 0.1) is 5.92 Å². The van der Waals surface area contributed by atoms with E-state index in [-0.39, 0.29) is 5.54 Å². The first-order valence-corrected chi connectivity index (χ1v) is 8.14. The van der Waals surface area contributed by atoms with E-state index in [2.05, 4.69) is 32.0 Å². The minimum atomic E-state index is -0.425. The van der Waals surface area contributed by atoms with Gasteiger partial charge in [0.1, 0.15) is 5.75 Å². The number of aliphatic hydroxyl groups excluding tert-OH is 1. The standard InChI is InChI=1S/C18H27NO2/c1-13-6-9-18(10-7-13,19(2)3)17(20)15-4-5-16-14(12-15)8-11-21-16/h4-5,12-13,17,20H,6-11H2,1-3H3. The van der Waals surface area contributed by atoms with Crippen molar-refractivity contribution in [3.05, 3.63) is 29.3 Å². The molecule has 116 valence electrons. The van der Waals surface area contributed by atoms with Crippen LogP contribution in [0.2, 0.25) is 0 Å². The summed E-state index contributed by atoms with van der Waals surface area (Å²) in [5, 5.41) is 11.1. The molecule has 1 heterocycles. The highest BCUT2D eigenvalue weighted by Crippen LogP contribution is 2.44. The van der Waals surface area contributed by atoms with E-state index in [0.29, 0.717) is 0 Å². The van der Waals surface area contributed by atoms with Crippen molar-refractivity contribution in [1.82, 2.24) is 4.90 Å².